The first-order valence-corrected chi connectivity index (χ1v) is 7.55. The normalized spacial score (nSPS) is 20.9. The van der Waals surface area contributed by atoms with Gasteiger partial charge in [0, 0.05) is 6.04 Å². The monoisotopic (exact) mass is 245 g/mol. The Morgan fingerprint density at radius 2 is 2.06 bits per heavy atom. The Balaban J connectivity index is 1.90. The van der Waals surface area contributed by atoms with Gasteiger partial charge in [-0.15, -0.1) is 0 Å². The fourth-order valence-electron chi connectivity index (χ4n) is 3.12. The molecule has 1 aromatic carbocycles. The van der Waals surface area contributed by atoms with Crippen LogP contribution < -0.4 is 5.32 Å². The van der Waals surface area contributed by atoms with Crippen molar-refractivity contribution in [2.45, 2.75) is 58.4 Å². The highest BCUT2D eigenvalue weighted by atomic mass is 14.9. The van der Waals surface area contributed by atoms with E-state index in [2.05, 4.69) is 50.4 Å². The molecular formula is C17H27N. The Morgan fingerprint density at radius 1 is 1.28 bits per heavy atom. The van der Waals surface area contributed by atoms with E-state index in [0.717, 1.165) is 18.4 Å². The number of hydrogen-bond donors (Lipinski definition) is 1. The van der Waals surface area contributed by atoms with Gasteiger partial charge in [-0.3, -0.25) is 0 Å². The Hall–Kier alpha value is -0.820. The van der Waals surface area contributed by atoms with E-state index in [-0.39, 0.29) is 0 Å². The molecule has 0 amide bonds. The first kappa shape index (κ1) is 13.6. The summed E-state index contributed by atoms with van der Waals surface area (Å²) in [6, 6.07) is 9.64. The fraction of sp³-hybridized carbons (Fsp3) is 0.647. The van der Waals surface area contributed by atoms with Crippen LogP contribution >= 0.6 is 0 Å². The molecule has 1 aromatic rings. The molecule has 1 heteroatoms. The van der Waals surface area contributed by atoms with Crippen LogP contribution in [0.25, 0.3) is 0 Å². The SMILES string of the molecule is CCNC(CC(C)CC)CC1Cc2ccccc21. The summed E-state index contributed by atoms with van der Waals surface area (Å²) in [6.45, 7) is 7.99. The molecule has 1 aliphatic carbocycles. The van der Waals surface area contributed by atoms with Crippen molar-refractivity contribution in [3.63, 3.8) is 0 Å². The maximum atomic E-state index is 3.68. The summed E-state index contributed by atoms with van der Waals surface area (Å²) in [5.41, 5.74) is 3.17. The third kappa shape index (κ3) is 3.14. The number of fused-ring (bicyclic) bond motifs is 1. The van der Waals surface area contributed by atoms with Crippen molar-refractivity contribution in [2.75, 3.05) is 6.54 Å². The van der Waals surface area contributed by atoms with Crippen LogP contribution in [-0.4, -0.2) is 12.6 Å². The second kappa shape index (κ2) is 6.38. The highest BCUT2D eigenvalue weighted by Crippen LogP contribution is 2.38. The van der Waals surface area contributed by atoms with Crippen LogP contribution in [0.1, 0.15) is 57.1 Å². The molecule has 2 rings (SSSR count). The minimum Gasteiger partial charge on any atom is -0.314 e. The zero-order chi connectivity index (χ0) is 13.0. The van der Waals surface area contributed by atoms with E-state index in [1.807, 2.05) is 0 Å². The van der Waals surface area contributed by atoms with Gasteiger partial charge >= 0.3 is 0 Å². The largest absolute Gasteiger partial charge is 0.314 e. The molecule has 1 N–H and O–H groups in total. The minimum atomic E-state index is 0.698. The molecule has 18 heavy (non-hydrogen) atoms. The van der Waals surface area contributed by atoms with E-state index in [1.54, 1.807) is 11.1 Å². The Labute approximate surface area is 112 Å². The van der Waals surface area contributed by atoms with Crippen molar-refractivity contribution in [3.05, 3.63) is 35.4 Å². The maximum Gasteiger partial charge on any atom is 0.00754 e. The molecule has 0 fully saturated rings. The van der Waals surface area contributed by atoms with E-state index >= 15 is 0 Å². The van der Waals surface area contributed by atoms with Crippen molar-refractivity contribution < 1.29 is 0 Å². The zero-order valence-corrected chi connectivity index (χ0v) is 12.1. The van der Waals surface area contributed by atoms with Gasteiger partial charge in [-0.25, -0.2) is 0 Å². The molecule has 0 saturated carbocycles. The van der Waals surface area contributed by atoms with Crippen LogP contribution in [0, 0.1) is 5.92 Å². The predicted octanol–water partition coefficient (Wildman–Crippen LogP) is 4.13. The molecule has 1 nitrogen and oxygen atoms in total. The van der Waals surface area contributed by atoms with Crippen LogP contribution in [0.15, 0.2) is 24.3 Å². The average Bonchev–Trinajstić information content (AvgIpc) is 2.36. The molecule has 100 valence electrons. The molecule has 1 aliphatic rings. The third-order valence-electron chi connectivity index (χ3n) is 4.41. The minimum absolute atomic E-state index is 0.698. The summed E-state index contributed by atoms with van der Waals surface area (Å²) in [6.07, 6.45) is 5.22. The van der Waals surface area contributed by atoms with Gasteiger partial charge in [0.25, 0.3) is 0 Å². The number of nitrogens with one attached hydrogen (secondary N) is 1. The van der Waals surface area contributed by atoms with Gasteiger partial charge < -0.3 is 5.32 Å². The van der Waals surface area contributed by atoms with Crippen molar-refractivity contribution >= 4 is 0 Å². The quantitative estimate of drug-likeness (QED) is 0.761. The topological polar surface area (TPSA) is 12.0 Å². The van der Waals surface area contributed by atoms with Gasteiger partial charge in [0.05, 0.1) is 0 Å². The van der Waals surface area contributed by atoms with E-state index < -0.39 is 0 Å². The molecule has 3 atom stereocenters. The maximum absolute atomic E-state index is 3.68. The van der Waals surface area contributed by atoms with Crippen molar-refractivity contribution in [1.29, 1.82) is 0 Å². The van der Waals surface area contributed by atoms with Gasteiger partial charge in [-0.2, -0.15) is 0 Å². The molecule has 0 radical (unpaired) electrons. The lowest BCUT2D eigenvalue weighted by molar-refractivity contribution is 0.351. The second-order valence-electron chi connectivity index (χ2n) is 5.84. The Morgan fingerprint density at radius 3 is 2.72 bits per heavy atom. The van der Waals surface area contributed by atoms with Crippen LogP contribution in [0.5, 0.6) is 0 Å². The zero-order valence-electron chi connectivity index (χ0n) is 12.1. The second-order valence-corrected chi connectivity index (χ2v) is 5.84. The van der Waals surface area contributed by atoms with Crippen molar-refractivity contribution in [3.8, 4) is 0 Å². The van der Waals surface area contributed by atoms with Crippen LogP contribution in [0.3, 0.4) is 0 Å². The molecule has 0 saturated heterocycles. The van der Waals surface area contributed by atoms with E-state index in [9.17, 15) is 0 Å². The molecule has 3 unspecified atom stereocenters. The Kier molecular flexibility index (Phi) is 4.82. The van der Waals surface area contributed by atoms with E-state index in [1.165, 1.54) is 25.7 Å². The first-order valence-electron chi connectivity index (χ1n) is 7.55. The van der Waals surface area contributed by atoms with Crippen molar-refractivity contribution in [1.82, 2.24) is 5.32 Å². The summed E-state index contributed by atoms with van der Waals surface area (Å²) >= 11 is 0. The first-order chi connectivity index (χ1) is 8.74. The average molecular weight is 245 g/mol. The molecule has 0 bridgehead atoms. The van der Waals surface area contributed by atoms with Crippen molar-refractivity contribution in [2.24, 2.45) is 5.92 Å². The highest BCUT2D eigenvalue weighted by molar-refractivity contribution is 5.39. The standard InChI is InChI=1S/C17H27N/c1-4-13(3)10-16(18-5-2)12-15-11-14-8-6-7-9-17(14)15/h6-9,13,15-16,18H,4-5,10-12H2,1-3H3. The lowest BCUT2D eigenvalue weighted by Gasteiger charge is -2.34. The lowest BCUT2D eigenvalue weighted by Crippen LogP contribution is -2.34. The molecular weight excluding hydrogens is 218 g/mol. The summed E-state index contributed by atoms with van der Waals surface area (Å²) < 4.78 is 0. The highest BCUT2D eigenvalue weighted by Gasteiger charge is 2.28. The molecule has 0 heterocycles. The summed E-state index contributed by atoms with van der Waals surface area (Å²) in [7, 11) is 0. The molecule has 0 spiro atoms. The van der Waals surface area contributed by atoms with Gasteiger partial charge in [-0.1, -0.05) is 51.5 Å². The van der Waals surface area contributed by atoms with Crippen LogP contribution in [0.2, 0.25) is 0 Å². The summed E-state index contributed by atoms with van der Waals surface area (Å²) in [4.78, 5) is 0. The van der Waals surface area contributed by atoms with E-state index in [0.29, 0.717) is 6.04 Å². The van der Waals surface area contributed by atoms with E-state index in [4.69, 9.17) is 0 Å². The predicted molar refractivity (Wildman–Crippen MR) is 79.0 cm³/mol. The number of hydrogen-bond acceptors (Lipinski definition) is 1. The molecule has 0 aromatic heterocycles. The fourth-order valence-corrected chi connectivity index (χ4v) is 3.12. The Bertz CT molecular complexity index is 372. The van der Waals surface area contributed by atoms with Crippen LogP contribution in [-0.2, 0) is 6.42 Å². The van der Waals surface area contributed by atoms with Gasteiger partial charge in [0.1, 0.15) is 0 Å². The summed E-state index contributed by atoms with van der Waals surface area (Å²) in [5.74, 6) is 1.64. The van der Waals surface area contributed by atoms with Gasteiger partial charge in [0.15, 0.2) is 0 Å². The van der Waals surface area contributed by atoms with Gasteiger partial charge in [0.2, 0.25) is 0 Å². The summed E-state index contributed by atoms with van der Waals surface area (Å²) in [5, 5.41) is 3.68. The number of benzene rings is 1. The third-order valence-corrected chi connectivity index (χ3v) is 4.41. The molecule has 0 aliphatic heterocycles. The lowest BCUT2D eigenvalue weighted by atomic mass is 9.73. The van der Waals surface area contributed by atoms with Crippen LogP contribution in [0.4, 0.5) is 0 Å². The van der Waals surface area contributed by atoms with Gasteiger partial charge in [-0.05, 0) is 48.8 Å². The number of rotatable bonds is 7. The smallest absolute Gasteiger partial charge is 0.00754 e.